The van der Waals surface area contributed by atoms with Gasteiger partial charge in [0.25, 0.3) is 0 Å². The van der Waals surface area contributed by atoms with Crippen LogP contribution in [-0.4, -0.2) is 32.1 Å². The number of carbonyl (C=O) groups excluding carboxylic acids is 1. The number of aromatic nitrogens is 1. The highest BCUT2D eigenvalue weighted by Gasteiger charge is 2.11. The monoisotopic (exact) mass is 337 g/mol. The molecule has 0 aliphatic heterocycles. The van der Waals surface area contributed by atoms with Crippen molar-refractivity contribution in [2.24, 2.45) is 0 Å². The largest absolute Gasteiger partial charge is 0.497 e. The highest BCUT2D eigenvalue weighted by molar-refractivity contribution is 6.08. The number of hydrogen-bond acceptors (Lipinski definition) is 4. The molecule has 1 N–H and O–H groups in total. The summed E-state index contributed by atoms with van der Waals surface area (Å²) in [4.78, 5) is 15.5. The summed E-state index contributed by atoms with van der Waals surface area (Å²) < 4.78 is 15.7. The minimum absolute atomic E-state index is 0.107. The normalized spacial score (nSPS) is 11.0. The summed E-state index contributed by atoms with van der Waals surface area (Å²) in [5, 5.41) is 0.888. The maximum absolute atomic E-state index is 12.4. The van der Waals surface area contributed by atoms with Crippen LogP contribution in [0.2, 0.25) is 0 Å². The van der Waals surface area contributed by atoms with Crippen LogP contribution in [0, 0.1) is 0 Å². The molecule has 0 bridgehead atoms. The van der Waals surface area contributed by atoms with E-state index in [1.165, 1.54) is 0 Å². The molecule has 3 aromatic rings. The molecule has 1 heterocycles. The Balaban J connectivity index is 1.84. The summed E-state index contributed by atoms with van der Waals surface area (Å²) in [6, 6.07) is 13.0. The minimum Gasteiger partial charge on any atom is -0.497 e. The fourth-order valence-electron chi connectivity index (χ4n) is 2.57. The molecule has 0 amide bonds. The maximum atomic E-state index is 12.4. The lowest BCUT2D eigenvalue weighted by Gasteiger charge is -2.06. The first-order chi connectivity index (χ1) is 12.1. The zero-order valence-corrected chi connectivity index (χ0v) is 14.3. The molecule has 1 aromatic heterocycles. The number of fused-ring (bicyclic) bond motifs is 1. The first-order valence-electron chi connectivity index (χ1n) is 7.76. The van der Waals surface area contributed by atoms with Gasteiger partial charge >= 0.3 is 0 Å². The zero-order chi connectivity index (χ0) is 17.8. The number of ether oxygens (including phenoxy) is 3. The van der Waals surface area contributed by atoms with Crippen LogP contribution in [0.25, 0.3) is 17.0 Å². The van der Waals surface area contributed by atoms with Gasteiger partial charge in [-0.3, -0.25) is 4.79 Å². The summed E-state index contributed by atoms with van der Waals surface area (Å²) >= 11 is 0. The Morgan fingerprint density at radius 2 is 1.60 bits per heavy atom. The first kappa shape index (κ1) is 16.6. The second-order valence-corrected chi connectivity index (χ2v) is 5.45. The van der Waals surface area contributed by atoms with Crippen LogP contribution in [0.3, 0.4) is 0 Å². The van der Waals surface area contributed by atoms with Crippen LogP contribution in [-0.2, 0) is 0 Å². The molecule has 0 atom stereocenters. The van der Waals surface area contributed by atoms with Crippen molar-refractivity contribution in [3.05, 3.63) is 59.8 Å². The van der Waals surface area contributed by atoms with Crippen molar-refractivity contribution in [1.29, 1.82) is 0 Å². The lowest BCUT2D eigenvalue weighted by Crippen LogP contribution is -1.93. The number of allylic oxidation sites excluding steroid dienone is 1. The number of aromatic amines is 1. The zero-order valence-electron chi connectivity index (χ0n) is 14.3. The van der Waals surface area contributed by atoms with E-state index in [0.717, 1.165) is 22.2 Å². The maximum Gasteiger partial charge on any atom is 0.202 e. The van der Waals surface area contributed by atoms with Crippen LogP contribution in [0.15, 0.2) is 48.5 Å². The number of ketones is 1. The van der Waals surface area contributed by atoms with Crippen molar-refractivity contribution in [1.82, 2.24) is 4.98 Å². The van der Waals surface area contributed by atoms with Gasteiger partial charge in [-0.1, -0.05) is 18.2 Å². The Morgan fingerprint density at radius 1 is 0.920 bits per heavy atom. The quantitative estimate of drug-likeness (QED) is 0.544. The summed E-state index contributed by atoms with van der Waals surface area (Å²) in [5.74, 6) is 1.92. The molecule has 128 valence electrons. The van der Waals surface area contributed by atoms with Gasteiger partial charge in [0.1, 0.15) is 5.75 Å². The van der Waals surface area contributed by atoms with Crippen molar-refractivity contribution in [2.45, 2.75) is 0 Å². The molecule has 0 saturated carbocycles. The van der Waals surface area contributed by atoms with Crippen LogP contribution in [0.5, 0.6) is 17.2 Å². The lowest BCUT2D eigenvalue weighted by molar-refractivity contribution is 0.104. The van der Waals surface area contributed by atoms with E-state index in [9.17, 15) is 4.79 Å². The number of carbonyl (C=O) groups is 1. The van der Waals surface area contributed by atoms with Crippen LogP contribution < -0.4 is 14.2 Å². The van der Waals surface area contributed by atoms with Crippen molar-refractivity contribution in [3.8, 4) is 17.2 Å². The van der Waals surface area contributed by atoms with Gasteiger partial charge in [0.2, 0.25) is 5.78 Å². The molecule has 5 nitrogen and oxygen atoms in total. The van der Waals surface area contributed by atoms with E-state index in [-0.39, 0.29) is 5.78 Å². The Hall–Kier alpha value is -3.21. The molecule has 25 heavy (non-hydrogen) atoms. The first-order valence-corrected chi connectivity index (χ1v) is 7.76. The van der Waals surface area contributed by atoms with Gasteiger partial charge in [-0.15, -0.1) is 0 Å². The van der Waals surface area contributed by atoms with E-state index in [1.807, 2.05) is 36.4 Å². The molecule has 0 unspecified atom stereocenters. The third-order valence-electron chi connectivity index (χ3n) is 3.93. The van der Waals surface area contributed by atoms with Gasteiger partial charge in [0, 0.05) is 17.0 Å². The predicted octanol–water partition coefficient (Wildman–Crippen LogP) is 4.09. The van der Waals surface area contributed by atoms with E-state index in [2.05, 4.69) is 4.98 Å². The summed E-state index contributed by atoms with van der Waals surface area (Å²) in [6.45, 7) is 0. The van der Waals surface area contributed by atoms with Crippen molar-refractivity contribution in [3.63, 3.8) is 0 Å². The number of nitrogens with one attached hydrogen (secondary N) is 1. The number of methoxy groups -OCH3 is 3. The smallest absolute Gasteiger partial charge is 0.202 e. The van der Waals surface area contributed by atoms with Gasteiger partial charge in [-0.2, -0.15) is 0 Å². The molecule has 2 aromatic carbocycles. The topological polar surface area (TPSA) is 60.6 Å². The molecule has 5 heteroatoms. The summed E-state index contributed by atoms with van der Waals surface area (Å²) in [5.41, 5.74) is 2.25. The highest BCUT2D eigenvalue weighted by atomic mass is 16.5. The number of rotatable bonds is 6. The van der Waals surface area contributed by atoms with Gasteiger partial charge in [-0.05, 0) is 35.9 Å². The number of H-pyrrole nitrogens is 1. The predicted molar refractivity (Wildman–Crippen MR) is 97.8 cm³/mol. The number of hydrogen-bond donors (Lipinski definition) is 1. The minimum atomic E-state index is -0.107. The third kappa shape index (κ3) is 3.50. The van der Waals surface area contributed by atoms with Crippen LogP contribution in [0.4, 0.5) is 0 Å². The van der Waals surface area contributed by atoms with Gasteiger partial charge in [0.15, 0.2) is 11.5 Å². The average molecular weight is 337 g/mol. The standard InChI is InChI=1S/C20H19NO4/c1-23-15-7-4-13(5-8-15)6-9-18(22)17-10-14-11-19(24-2)20(25-3)12-16(14)21-17/h4-12,21H,1-3H3. The van der Waals surface area contributed by atoms with Crippen molar-refractivity contribution < 1.29 is 19.0 Å². The van der Waals surface area contributed by atoms with Crippen molar-refractivity contribution >= 4 is 22.8 Å². The molecule has 0 saturated heterocycles. The number of benzene rings is 2. The molecular weight excluding hydrogens is 318 g/mol. The molecule has 0 fully saturated rings. The Bertz CT molecular complexity index is 882. The van der Waals surface area contributed by atoms with Crippen molar-refractivity contribution in [2.75, 3.05) is 21.3 Å². The van der Waals surface area contributed by atoms with Crippen LogP contribution >= 0.6 is 0 Å². The molecule has 0 aliphatic carbocycles. The fourth-order valence-corrected chi connectivity index (χ4v) is 2.57. The molecular formula is C20H19NO4. The van der Waals surface area contributed by atoms with Gasteiger partial charge < -0.3 is 19.2 Å². The van der Waals surface area contributed by atoms with E-state index < -0.39 is 0 Å². The van der Waals surface area contributed by atoms with Gasteiger partial charge in [0.05, 0.1) is 27.0 Å². The molecule has 0 aliphatic rings. The Labute approximate surface area is 145 Å². The van der Waals surface area contributed by atoms with E-state index in [1.54, 1.807) is 39.5 Å². The fraction of sp³-hybridized carbons (Fsp3) is 0.150. The second kappa shape index (κ2) is 7.13. The average Bonchev–Trinajstić information content (AvgIpc) is 3.08. The SMILES string of the molecule is COc1ccc(C=CC(=O)c2cc3cc(OC)c(OC)cc3[nH]2)cc1. The summed E-state index contributed by atoms with van der Waals surface area (Å²) in [6.07, 6.45) is 3.31. The van der Waals surface area contributed by atoms with E-state index >= 15 is 0 Å². The van der Waals surface area contributed by atoms with Gasteiger partial charge in [-0.25, -0.2) is 0 Å². The lowest BCUT2D eigenvalue weighted by atomic mass is 10.1. The third-order valence-corrected chi connectivity index (χ3v) is 3.93. The molecule has 3 rings (SSSR count). The van der Waals surface area contributed by atoms with E-state index in [4.69, 9.17) is 14.2 Å². The Morgan fingerprint density at radius 3 is 2.24 bits per heavy atom. The second-order valence-electron chi connectivity index (χ2n) is 5.45. The molecule has 0 radical (unpaired) electrons. The molecule has 0 spiro atoms. The van der Waals surface area contributed by atoms with Crippen LogP contribution in [0.1, 0.15) is 16.1 Å². The summed E-state index contributed by atoms with van der Waals surface area (Å²) in [7, 11) is 4.78. The highest BCUT2D eigenvalue weighted by Crippen LogP contribution is 2.32. The Kier molecular flexibility index (Phi) is 4.75. The van der Waals surface area contributed by atoms with E-state index in [0.29, 0.717) is 17.2 Å².